The molecule has 41 heavy (non-hydrogen) atoms. The number of nitrogens with zero attached hydrogens (tertiary/aromatic N) is 2. The van der Waals surface area contributed by atoms with Crippen molar-refractivity contribution in [3.63, 3.8) is 0 Å². The molecule has 0 heterocycles. The maximum Gasteiger partial charge on any atom is 0.264 e. The molecule has 0 aliphatic carbocycles. The van der Waals surface area contributed by atoms with Gasteiger partial charge in [0.25, 0.3) is 10.0 Å². The summed E-state index contributed by atoms with van der Waals surface area (Å²) >= 11 is 6.37. The van der Waals surface area contributed by atoms with Crippen molar-refractivity contribution in [2.45, 2.75) is 44.7 Å². The topological polar surface area (TPSA) is 105 Å². The smallest absolute Gasteiger partial charge is 0.264 e. The first-order chi connectivity index (χ1) is 19.5. The van der Waals surface area contributed by atoms with E-state index in [1.165, 1.54) is 36.3 Å². The number of hydrogen-bond donors (Lipinski definition) is 1. The number of rotatable bonds is 13. The number of aryl methyl sites for hydroxylation is 1. The van der Waals surface area contributed by atoms with E-state index in [0.29, 0.717) is 24.5 Å². The average molecular weight is 602 g/mol. The molecule has 0 spiro atoms. The molecule has 3 rings (SSSR count). The summed E-state index contributed by atoms with van der Waals surface area (Å²) in [5.41, 5.74) is 1.82. The summed E-state index contributed by atoms with van der Waals surface area (Å²) in [6, 6.07) is 17.2. The number of carbonyl (C=O) groups is 2. The van der Waals surface area contributed by atoms with Crippen LogP contribution in [0.5, 0.6) is 11.5 Å². The highest BCUT2D eigenvalue weighted by Gasteiger charge is 2.33. The van der Waals surface area contributed by atoms with Crippen molar-refractivity contribution in [1.29, 1.82) is 0 Å². The van der Waals surface area contributed by atoms with Crippen LogP contribution < -0.4 is 19.1 Å². The minimum Gasteiger partial charge on any atom is -0.497 e. The molecule has 3 aromatic rings. The molecular formula is C30H36ClN3O6S. The number of nitrogens with one attached hydrogen (secondary N) is 1. The van der Waals surface area contributed by atoms with Crippen molar-refractivity contribution < 1.29 is 27.5 Å². The van der Waals surface area contributed by atoms with Gasteiger partial charge in [0.2, 0.25) is 11.8 Å². The lowest BCUT2D eigenvalue weighted by molar-refractivity contribution is -0.140. The molecule has 220 valence electrons. The number of methoxy groups -OCH3 is 2. The normalized spacial score (nSPS) is 11.9. The number of carbonyl (C=O) groups excluding carboxylic acids is 2. The van der Waals surface area contributed by atoms with E-state index in [1.54, 1.807) is 63.4 Å². The molecule has 0 aliphatic rings. The fraction of sp³-hybridized carbons (Fsp3) is 0.333. The molecular weight excluding hydrogens is 566 g/mol. The van der Waals surface area contributed by atoms with Gasteiger partial charge in [0.1, 0.15) is 24.1 Å². The van der Waals surface area contributed by atoms with E-state index >= 15 is 0 Å². The highest BCUT2D eigenvalue weighted by molar-refractivity contribution is 7.92. The van der Waals surface area contributed by atoms with E-state index in [1.807, 2.05) is 6.92 Å². The molecule has 2 amide bonds. The number of likely N-dealkylation sites (N-methyl/N-ethyl adjacent to an activating group) is 1. The highest BCUT2D eigenvalue weighted by atomic mass is 35.5. The minimum atomic E-state index is -4.21. The Hall–Kier alpha value is -3.76. The number of ether oxygens (including phenoxy) is 2. The maximum absolute atomic E-state index is 14.1. The van der Waals surface area contributed by atoms with E-state index < -0.39 is 28.5 Å². The largest absolute Gasteiger partial charge is 0.497 e. The van der Waals surface area contributed by atoms with Crippen LogP contribution >= 0.6 is 11.6 Å². The van der Waals surface area contributed by atoms with Crippen LogP contribution in [-0.4, -0.2) is 58.5 Å². The maximum atomic E-state index is 14.1. The van der Waals surface area contributed by atoms with Crippen LogP contribution in [0.25, 0.3) is 0 Å². The van der Waals surface area contributed by atoms with Crippen LogP contribution in [0, 0.1) is 6.92 Å². The monoisotopic (exact) mass is 601 g/mol. The molecule has 0 aliphatic heterocycles. The van der Waals surface area contributed by atoms with Crippen molar-refractivity contribution in [2.24, 2.45) is 0 Å². The summed E-state index contributed by atoms with van der Waals surface area (Å²) in [5, 5.41) is 2.97. The molecule has 0 radical (unpaired) electrons. The van der Waals surface area contributed by atoms with E-state index in [2.05, 4.69) is 5.32 Å². The van der Waals surface area contributed by atoms with Gasteiger partial charge in [0.05, 0.1) is 29.8 Å². The number of halogens is 1. The van der Waals surface area contributed by atoms with Crippen LogP contribution in [0.15, 0.2) is 71.6 Å². The van der Waals surface area contributed by atoms with Crippen molar-refractivity contribution in [3.8, 4) is 11.5 Å². The Balaban J connectivity index is 2.08. The zero-order valence-electron chi connectivity index (χ0n) is 23.9. The molecule has 0 unspecified atom stereocenters. The van der Waals surface area contributed by atoms with E-state index in [9.17, 15) is 18.0 Å². The van der Waals surface area contributed by atoms with Crippen molar-refractivity contribution in [3.05, 3.63) is 82.9 Å². The molecule has 11 heteroatoms. The van der Waals surface area contributed by atoms with Gasteiger partial charge in [-0.1, -0.05) is 48.4 Å². The second-order valence-corrected chi connectivity index (χ2v) is 11.6. The first-order valence-electron chi connectivity index (χ1n) is 13.2. The van der Waals surface area contributed by atoms with Gasteiger partial charge < -0.3 is 19.7 Å². The first-order valence-corrected chi connectivity index (χ1v) is 15.0. The van der Waals surface area contributed by atoms with Gasteiger partial charge in [-0.3, -0.25) is 13.9 Å². The minimum absolute atomic E-state index is 0.0142. The van der Waals surface area contributed by atoms with E-state index in [4.69, 9.17) is 21.1 Å². The number of benzene rings is 3. The van der Waals surface area contributed by atoms with Gasteiger partial charge in [-0.2, -0.15) is 0 Å². The van der Waals surface area contributed by atoms with Crippen LogP contribution in [0.2, 0.25) is 5.02 Å². The Morgan fingerprint density at radius 2 is 1.61 bits per heavy atom. The molecule has 3 aromatic carbocycles. The molecule has 1 atom stereocenters. The Morgan fingerprint density at radius 3 is 2.15 bits per heavy atom. The molecule has 0 saturated carbocycles. The molecule has 0 saturated heterocycles. The van der Waals surface area contributed by atoms with E-state index in [-0.39, 0.29) is 28.1 Å². The third kappa shape index (κ3) is 7.71. The van der Waals surface area contributed by atoms with Gasteiger partial charge in [0, 0.05) is 13.1 Å². The second kappa shape index (κ2) is 14.2. The Labute approximate surface area is 247 Å². The van der Waals surface area contributed by atoms with Gasteiger partial charge in [-0.15, -0.1) is 0 Å². The standard InChI is InChI=1S/C30H36ClN3O6S/c1-6-27(30(36)32-7-2)33(19-22-10-13-24(39-4)14-11-22)29(35)20-34(23-12-17-28(40-5)26(31)18-23)41(37,38)25-15-8-21(3)9-16-25/h8-18,27H,6-7,19-20H2,1-5H3,(H,32,36)/t27-/m1/s1. The Kier molecular flexibility index (Phi) is 11.0. The molecule has 9 nitrogen and oxygen atoms in total. The second-order valence-electron chi connectivity index (χ2n) is 9.33. The Morgan fingerprint density at radius 1 is 0.951 bits per heavy atom. The van der Waals surface area contributed by atoms with Crippen molar-refractivity contribution >= 4 is 39.1 Å². The number of amides is 2. The summed E-state index contributed by atoms with van der Waals surface area (Å²) in [6.45, 7) is 5.36. The molecule has 0 aromatic heterocycles. The third-order valence-electron chi connectivity index (χ3n) is 6.56. The third-order valence-corrected chi connectivity index (χ3v) is 8.64. The first kappa shape index (κ1) is 31.8. The average Bonchev–Trinajstić information content (AvgIpc) is 2.96. The molecule has 1 N–H and O–H groups in total. The van der Waals surface area contributed by atoms with Gasteiger partial charge in [-0.05, 0) is 68.3 Å². The van der Waals surface area contributed by atoms with Gasteiger partial charge >= 0.3 is 0 Å². The van der Waals surface area contributed by atoms with Crippen LogP contribution in [0.1, 0.15) is 31.4 Å². The predicted octanol–water partition coefficient (Wildman–Crippen LogP) is 4.80. The SMILES string of the molecule is CCNC(=O)[C@@H](CC)N(Cc1ccc(OC)cc1)C(=O)CN(c1ccc(OC)c(Cl)c1)S(=O)(=O)c1ccc(C)cc1. The number of hydrogen-bond acceptors (Lipinski definition) is 6. The fourth-order valence-electron chi connectivity index (χ4n) is 4.32. The fourth-order valence-corrected chi connectivity index (χ4v) is 5.97. The highest BCUT2D eigenvalue weighted by Crippen LogP contribution is 2.32. The van der Waals surface area contributed by atoms with Crippen molar-refractivity contribution in [1.82, 2.24) is 10.2 Å². The van der Waals surface area contributed by atoms with Gasteiger partial charge in [0.15, 0.2) is 0 Å². The van der Waals surface area contributed by atoms with Gasteiger partial charge in [-0.25, -0.2) is 8.42 Å². The summed E-state index contributed by atoms with van der Waals surface area (Å²) in [6.07, 6.45) is 0.326. The predicted molar refractivity (Wildman–Crippen MR) is 160 cm³/mol. The van der Waals surface area contributed by atoms with E-state index in [0.717, 1.165) is 15.4 Å². The Bertz CT molecular complexity index is 1450. The van der Waals surface area contributed by atoms with Crippen LogP contribution in [0.3, 0.4) is 0 Å². The van der Waals surface area contributed by atoms with Crippen molar-refractivity contribution in [2.75, 3.05) is 31.6 Å². The number of sulfonamides is 1. The zero-order valence-corrected chi connectivity index (χ0v) is 25.5. The molecule has 0 bridgehead atoms. The summed E-state index contributed by atoms with van der Waals surface area (Å²) in [4.78, 5) is 28.5. The summed E-state index contributed by atoms with van der Waals surface area (Å²) in [5.74, 6) is 0.130. The zero-order chi connectivity index (χ0) is 30.2. The number of anilines is 1. The summed E-state index contributed by atoms with van der Waals surface area (Å²) in [7, 11) is -1.20. The van der Waals surface area contributed by atoms with Crippen LogP contribution in [-0.2, 0) is 26.2 Å². The lowest BCUT2D eigenvalue weighted by atomic mass is 10.1. The lowest BCUT2D eigenvalue weighted by Gasteiger charge is -2.33. The van der Waals surface area contributed by atoms with Crippen LogP contribution in [0.4, 0.5) is 5.69 Å². The lowest BCUT2D eigenvalue weighted by Crippen LogP contribution is -2.52. The quantitative estimate of drug-likeness (QED) is 0.302. The molecule has 0 fully saturated rings. The summed E-state index contributed by atoms with van der Waals surface area (Å²) < 4.78 is 39.4.